The Morgan fingerprint density at radius 2 is 1.73 bits per heavy atom. The van der Waals surface area contributed by atoms with Gasteiger partial charge in [-0.25, -0.2) is 4.79 Å². The van der Waals surface area contributed by atoms with Gasteiger partial charge in [0.1, 0.15) is 11.5 Å². The van der Waals surface area contributed by atoms with Crippen LogP contribution in [0.2, 0.25) is 5.02 Å². The van der Waals surface area contributed by atoms with Crippen molar-refractivity contribution in [2.75, 3.05) is 0 Å². The van der Waals surface area contributed by atoms with Gasteiger partial charge >= 0.3 is 5.97 Å². The SMILES string of the molecule is Cc1cc(/C=C/C(=O)c2ccc(Cl)cc2O)c(OC(C)C)c(C)c1C(=O)OC(C)C. The third-order valence-corrected chi connectivity index (χ3v) is 4.52. The Bertz CT molecular complexity index is 990. The number of carbonyl (C=O) groups excluding carboxylic acids is 2. The number of phenolic OH excluding ortho intramolecular Hbond substituents is 1. The molecule has 0 saturated heterocycles. The third kappa shape index (κ3) is 5.63. The lowest BCUT2D eigenvalue weighted by Gasteiger charge is -2.20. The summed E-state index contributed by atoms with van der Waals surface area (Å²) in [6, 6.07) is 6.11. The van der Waals surface area contributed by atoms with E-state index < -0.39 is 5.97 Å². The molecule has 0 aliphatic heterocycles. The van der Waals surface area contributed by atoms with Crippen LogP contribution in [0.1, 0.15) is 65.1 Å². The number of aromatic hydroxyl groups is 1. The monoisotopic (exact) mass is 430 g/mol. The van der Waals surface area contributed by atoms with Crippen LogP contribution in [0.25, 0.3) is 6.08 Å². The molecule has 1 N–H and O–H groups in total. The zero-order chi connectivity index (χ0) is 22.6. The maximum absolute atomic E-state index is 12.6. The molecule has 0 spiro atoms. The minimum Gasteiger partial charge on any atom is -0.507 e. The average Bonchev–Trinajstić information content (AvgIpc) is 2.61. The van der Waals surface area contributed by atoms with Crippen LogP contribution in [0, 0.1) is 13.8 Å². The topological polar surface area (TPSA) is 72.8 Å². The second-order valence-electron chi connectivity index (χ2n) is 7.59. The van der Waals surface area contributed by atoms with Crippen LogP contribution in [0.3, 0.4) is 0 Å². The predicted molar refractivity (Wildman–Crippen MR) is 119 cm³/mol. The van der Waals surface area contributed by atoms with Crippen molar-refractivity contribution in [2.45, 2.75) is 53.8 Å². The maximum Gasteiger partial charge on any atom is 0.339 e. The molecule has 2 aromatic carbocycles. The fourth-order valence-corrected chi connectivity index (χ4v) is 3.23. The average molecular weight is 431 g/mol. The van der Waals surface area contributed by atoms with E-state index in [9.17, 15) is 14.7 Å². The van der Waals surface area contributed by atoms with E-state index in [0.717, 1.165) is 5.56 Å². The van der Waals surface area contributed by atoms with Crippen LogP contribution in [-0.4, -0.2) is 29.1 Å². The summed E-state index contributed by atoms with van der Waals surface area (Å²) in [6.45, 7) is 11.0. The van der Waals surface area contributed by atoms with Gasteiger partial charge in [-0.15, -0.1) is 0 Å². The molecule has 0 atom stereocenters. The van der Waals surface area contributed by atoms with Gasteiger partial charge in [0.2, 0.25) is 0 Å². The van der Waals surface area contributed by atoms with Crippen molar-refractivity contribution < 1.29 is 24.2 Å². The molecule has 0 bridgehead atoms. The molecule has 0 fully saturated rings. The number of ketones is 1. The predicted octanol–water partition coefficient (Wildman–Crippen LogP) is 5.91. The first-order valence-electron chi connectivity index (χ1n) is 9.74. The van der Waals surface area contributed by atoms with E-state index in [4.69, 9.17) is 21.1 Å². The van der Waals surface area contributed by atoms with E-state index in [1.807, 2.05) is 20.8 Å². The van der Waals surface area contributed by atoms with Gasteiger partial charge in [0.05, 0.1) is 23.3 Å². The molecule has 2 aromatic rings. The molecule has 0 saturated carbocycles. The summed E-state index contributed by atoms with van der Waals surface area (Å²) in [4.78, 5) is 25.1. The lowest BCUT2D eigenvalue weighted by atomic mass is 9.96. The fourth-order valence-electron chi connectivity index (χ4n) is 3.07. The first-order valence-corrected chi connectivity index (χ1v) is 10.1. The Kier molecular flexibility index (Phi) is 7.68. The number of phenols is 1. The van der Waals surface area contributed by atoms with E-state index in [1.54, 1.807) is 39.0 Å². The zero-order valence-electron chi connectivity index (χ0n) is 18.1. The quantitative estimate of drug-likeness (QED) is 0.335. The Morgan fingerprint density at radius 1 is 1.07 bits per heavy atom. The zero-order valence-corrected chi connectivity index (χ0v) is 18.8. The molecule has 0 aliphatic carbocycles. The van der Waals surface area contributed by atoms with Gasteiger partial charge in [-0.3, -0.25) is 4.79 Å². The number of rotatable bonds is 7. The van der Waals surface area contributed by atoms with Crippen LogP contribution in [0.15, 0.2) is 30.3 Å². The third-order valence-electron chi connectivity index (χ3n) is 4.28. The fraction of sp³-hybridized carbons (Fsp3) is 0.333. The number of carbonyl (C=O) groups is 2. The second kappa shape index (κ2) is 9.81. The molecule has 160 valence electrons. The van der Waals surface area contributed by atoms with Gasteiger partial charge in [-0.05, 0) is 83.5 Å². The summed E-state index contributed by atoms with van der Waals surface area (Å²) in [5, 5.41) is 10.3. The second-order valence-corrected chi connectivity index (χ2v) is 8.03. The van der Waals surface area contributed by atoms with Crippen LogP contribution < -0.4 is 4.74 Å². The largest absolute Gasteiger partial charge is 0.507 e. The van der Waals surface area contributed by atoms with E-state index >= 15 is 0 Å². The summed E-state index contributed by atoms with van der Waals surface area (Å²) < 4.78 is 11.3. The summed E-state index contributed by atoms with van der Waals surface area (Å²) in [5.41, 5.74) is 2.62. The molecular weight excluding hydrogens is 404 g/mol. The van der Waals surface area contributed by atoms with Crippen LogP contribution in [-0.2, 0) is 4.74 Å². The van der Waals surface area contributed by atoms with Gasteiger partial charge in [0.15, 0.2) is 5.78 Å². The Hall–Kier alpha value is -2.79. The summed E-state index contributed by atoms with van der Waals surface area (Å²) >= 11 is 5.83. The number of esters is 1. The van der Waals surface area contributed by atoms with Crippen molar-refractivity contribution in [3.05, 3.63) is 63.2 Å². The molecule has 2 rings (SSSR count). The molecule has 0 aromatic heterocycles. The molecule has 30 heavy (non-hydrogen) atoms. The Labute approximate surface area is 182 Å². The minimum absolute atomic E-state index is 0.136. The standard InChI is InChI=1S/C24H27ClO5/c1-13(2)29-23-16(6)22(24(28)30-14(3)4)15(5)11-17(23)7-10-20(26)19-9-8-18(25)12-21(19)27/h7-14,27H,1-6H3/b10-7+. The molecular formula is C24H27ClO5. The highest BCUT2D eigenvalue weighted by Crippen LogP contribution is 2.32. The first kappa shape index (κ1) is 23.5. The Balaban J connectivity index is 2.49. The normalized spacial score (nSPS) is 11.4. The van der Waals surface area contributed by atoms with Gasteiger partial charge in [-0.1, -0.05) is 11.6 Å². The van der Waals surface area contributed by atoms with Crippen molar-refractivity contribution in [1.82, 2.24) is 0 Å². The summed E-state index contributed by atoms with van der Waals surface area (Å²) in [7, 11) is 0. The highest BCUT2D eigenvalue weighted by molar-refractivity contribution is 6.31. The van der Waals surface area contributed by atoms with E-state index in [2.05, 4.69) is 0 Å². The van der Waals surface area contributed by atoms with Gasteiger partial charge in [0, 0.05) is 16.1 Å². The van der Waals surface area contributed by atoms with Crippen LogP contribution >= 0.6 is 11.6 Å². The Morgan fingerprint density at radius 3 is 2.30 bits per heavy atom. The highest BCUT2D eigenvalue weighted by atomic mass is 35.5. The molecule has 0 radical (unpaired) electrons. The number of hydrogen-bond donors (Lipinski definition) is 1. The number of benzene rings is 2. The number of halogens is 1. The van der Waals surface area contributed by atoms with Gasteiger partial charge < -0.3 is 14.6 Å². The lowest BCUT2D eigenvalue weighted by molar-refractivity contribution is 0.0375. The number of ether oxygens (including phenoxy) is 2. The molecule has 0 heterocycles. The minimum atomic E-state index is -0.411. The van der Waals surface area contributed by atoms with Crippen molar-refractivity contribution in [3.8, 4) is 11.5 Å². The van der Waals surface area contributed by atoms with E-state index in [1.165, 1.54) is 18.2 Å². The first-order chi connectivity index (χ1) is 14.0. The molecule has 5 nitrogen and oxygen atoms in total. The van der Waals surface area contributed by atoms with Gasteiger partial charge in [-0.2, -0.15) is 0 Å². The molecule has 0 amide bonds. The van der Waals surface area contributed by atoms with Gasteiger partial charge in [0.25, 0.3) is 0 Å². The highest BCUT2D eigenvalue weighted by Gasteiger charge is 2.21. The smallest absolute Gasteiger partial charge is 0.339 e. The lowest BCUT2D eigenvalue weighted by Crippen LogP contribution is -2.16. The number of hydrogen-bond acceptors (Lipinski definition) is 5. The van der Waals surface area contributed by atoms with Crippen molar-refractivity contribution in [2.24, 2.45) is 0 Å². The summed E-state index contributed by atoms with van der Waals surface area (Å²) in [6.07, 6.45) is 2.60. The number of aryl methyl sites for hydroxylation is 1. The van der Waals surface area contributed by atoms with E-state index in [0.29, 0.717) is 27.5 Å². The molecule has 0 unspecified atom stereocenters. The summed E-state index contributed by atoms with van der Waals surface area (Å²) in [5.74, 6) is -0.463. The van der Waals surface area contributed by atoms with Crippen molar-refractivity contribution in [3.63, 3.8) is 0 Å². The van der Waals surface area contributed by atoms with Crippen LogP contribution in [0.5, 0.6) is 11.5 Å². The molecule has 6 heteroatoms. The van der Waals surface area contributed by atoms with Crippen molar-refractivity contribution >= 4 is 29.4 Å². The molecule has 0 aliphatic rings. The number of allylic oxidation sites excluding steroid dienone is 1. The van der Waals surface area contributed by atoms with Crippen molar-refractivity contribution in [1.29, 1.82) is 0 Å². The maximum atomic E-state index is 12.6. The van der Waals surface area contributed by atoms with Crippen LogP contribution in [0.4, 0.5) is 0 Å². The van der Waals surface area contributed by atoms with E-state index in [-0.39, 0.29) is 29.3 Å².